The minimum Gasteiger partial charge on any atom is -0.331 e. The second kappa shape index (κ2) is 6.15. The smallest absolute Gasteiger partial charge is 0.178 e. The molecule has 0 atom stereocenters. The Kier molecular flexibility index (Phi) is 4.51. The van der Waals surface area contributed by atoms with Crippen LogP contribution in [-0.2, 0) is 6.54 Å². The first-order valence-corrected chi connectivity index (χ1v) is 9.06. The van der Waals surface area contributed by atoms with Crippen molar-refractivity contribution in [2.45, 2.75) is 6.54 Å². The highest BCUT2D eigenvalue weighted by Gasteiger charge is 2.11. The van der Waals surface area contributed by atoms with Crippen molar-refractivity contribution in [2.24, 2.45) is 0 Å². The average molecular weight is 405 g/mol. The number of imidazole rings is 1. The monoisotopic (exact) mass is 405 g/mol. The second-order valence-electron chi connectivity index (χ2n) is 4.70. The Morgan fingerprint density at radius 1 is 1.26 bits per heavy atom. The highest BCUT2D eigenvalue weighted by Crippen LogP contribution is 2.18. The summed E-state index contributed by atoms with van der Waals surface area (Å²) in [6, 6.07) is 6.45. The van der Waals surface area contributed by atoms with Crippen LogP contribution in [0.15, 0.2) is 18.2 Å². The molecule has 2 heterocycles. The van der Waals surface area contributed by atoms with E-state index in [9.17, 15) is 0 Å². The fourth-order valence-electron chi connectivity index (χ4n) is 2.42. The van der Waals surface area contributed by atoms with Gasteiger partial charge in [0.15, 0.2) is 4.77 Å². The van der Waals surface area contributed by atoms with Crippen molar-refractivity contribution in [3.63, 3.8) is 0 Å². The first kappa shape index (κ1) is 13.9. The van der Waals surface area contributed by atoms with Crippen molar-refractivity contribution >= 4 is 57.6 Å². The first-order valence-electron chi connectivity index (χ1n) is 6.42. The fourth-order valence-corrected chi connectivity index (χ4v) is 4.19. The maximum atomic E-state index is 5.45. The van der Waals surface area contributed by atoms with Gasteiger partial charge in [-0.25, -0.2) is 0 Å². The average Bonchev–Trinajstić information content (AvgIpc) is 2.72. The SMILES string of the molecule is S=c1[nH]c2cc(I)ccc2n1CCN1CCSCC1. The lowest BCUT2D eigenvalue weighted by Gasteiger charge is -2.26. The van der Waals surface area contributed by atoms with Gasteiger partial charge in [0, 0.05) is 41.3 Å². The summed E-state index contributed by atoms with van der Waals surface area (Å²) in [5.41, 5.74) is 2.36. The molecule has 0 spiro atoms. The van der Waals surface area contributed by atoms with Gasteiger partial charge in [0.2, 0.25) is 0 Å². The molecule has 102 valence electrons. The number of hydrogen-bond acceptors (Lipinski definition) is 3. The molecular formula is C13H16IN3S2. The Bertz CT molecular complexity index is 628. The van der Waals surface area contributed by atoms with Crippen molar-refractivity contribution in [2.75, 3.05) is 31.1 Å². The molecule has 0 bridgehead atoms. The summed E-state index contributed by atoms with van der Waals surface area (Å²) in [4.78, 5) is 5.84. The summed E-state index contributed by atoms with van der Waals surface area (Å²) >= 11 is 9.83. The summed E-state index contributed by atoms with van der Waals surface area (Å²) in [6.07, 6.45) is 0. The van der Waals surface area contributed by atoms with Crippen LogP contribution in [-0.4, -0.2) is 45.6 Å². The van der Waals surface area contributed by atoms with E-state index in [4.69, 9.17) is 12.2 Å². The molecular weight excluding hydrogens is 389 g/mol. The van der Waals surface area contributed by atoms with Gasteiger partial charge in [0.05, 0.1) is 11.0 Å². The van der Waals surface area contributed by atoms with Gasteiger partial charge < -0.3 is 9.55 Å². The highest BCUT2D eigenvalue weighted by molar-refractivity contribution is 14.1. The second-order valence-corrected chi connectivity index (χ2v) is 7.55. The van der Waals surface area contributed by atoms with Crippen molar-refractivity contribution in [3.8, 4) is 0 Å². The Labute approximate surface area is 135 Å². The molecule has 6 heteroatoms. The third kappa shape index (κ3) is 3.17. The van der Waals surface area contributed by atoms with Gasteiger partial charge in [0.1, 0.15) is 0 Å². The van der Waals surface area contributed by atoms with Gasteiger partial charge in [-0.05, 0) is 53.0 Å². The van der Waals surface area contributed by atoms with Crippen LogP contribution in [0.4, 0.5) is 0 Å². The molecule has 3 nitrogen and oxygen atoms in total. The minimum absolute atomic E-state index is 0.836. The zero-order valence-corrected chi connectivity index (χ0v) is 14.4. The van der Waals surface area contributed by atoms with E-state index in [0.29, 0.717) is 0 Å². The third-order valence-corrected chi connectivity index (χ3v) is 5.42. The van der Waals surface area contributed by atoms with Crippen LogP contribution < -0.4 is 0 Å². The maximum absolute atomic E-state index is 5.45. The number of hydrogen-bond donors (Lipinski definition) is 1. The number of thioether (sulfide) groups is 1. The van der Waals surface area contributed by atoms with Gasteiger partial charge in [-0.2, -0.15) is 11.8 Å². The van der Waals surface area contributed by atoms with E-state index in [2.05, 4.69) is 67.0 Å². The molecule has 1 aromatic heterocycles. The molecule has 0 saturated carbocycles. The Hall–Kier alpha value is -0.0500. The number of nitrogens with one attached hydrogen (secondary N) is 1. The molecule has 0 aliphatic carbocycles. The summed E-state index contributed by atoms with van der Waals surface area (Å²) < 4.78 is 4.30. The molecule has 1 saturated heterocycles. The molecule has 1 aliphatic heterocycles. The standard InChI is InChI=1S/C13H16IN3S2/c14-10-1-2-12-11(9-10)15-13(18)17(12)4-3-16-5-7-19-8-6-16/h1-2,9H,3-8H2,(H,15,18). The zero-order valence-electron chi connectivity index (χ0n) is 10.6. The van der Waals surface area contributed by atoms with Crippen LogP contribution in [0.2, 0.25) is 0 Å². The third-order valence-electron chi connectivity index (χ3n) is 3.48. The number of halogens is 1. The molecule has 0 radical (unpaired) electrons. The number of aromatic nitrogens is 2. The number of benzene rings is 1. The molecule has 1 aliphatic rings. The normalized spacial score (nSPS) is 17.1. The number of H-pyrrole nitrogens is 1. The Balaban J connectivity index is 1.80. The fraction of sp³-hybridized carbons (Fsp3) is 0.462. The first-order chi connectivity index (χ1) is 9.24. The van der Waals surface area contributed by atoms with E-state index in [0.717, 1.165) is 23.4 Å². The number of aromatic amines is 1. The van der Waals surface area contributed by atoms with Gasteiger partial charge in [-0.3, -0.25) is 4.90 Å². The van der Waals surface area contributed by atoms with Crippen LogP contribution >= 0.6 is 46.6 Å². The molecule has 0 unspecified atom stereocenters. The summed E-state index contributed by atoms with van der Waals surface area (Å²) in [5, 5.41) is 0. The van der Waals surface area contributed by atoms with Crippen LogP contribution in [0.3, 0.4) is 0 Å². The Morgan fingerprint density at radius 3 is 2.84 bits per heavy atom. The summed E-state index contributed by atoms with van der Waals surface area (Å²) in [7, 11) is 0. The molecule has 1 aromatic carbocycles. The van der Waals surface area contributed by atoms with Crippen LogP contribution in [0, 0.1) is 8.34 Å². The molecule has 0 amide bonds. The number of rotatable bonds is 3. The quantitative estimate of drug-likeness (QED) is 0.626. The molecule has 1 N–H and O–H groups in total. The zero-order chi connectivity index (χ0) is 13.2. The van der Waals surface area contributed by atoms with Gasteiger partial charge in [-0.1, -0.05) is 0 Å². The van der Waals surface area contributed by atoms with E-state index in [-0.39, 0.29) is 0 Å². The van der Waals surface area contributed by atoms with E-state index < -0.39 is 0 Å². The van der Waals surface area contributed by atoms with Crippen LogP contribution in [0.5, 0.6) is 0 Å². The predicted molar refractivity (Wildman–Crippen MR) is 93.6 cm³/mol. The van der Waals surface area contributed by atoms with E-state index in [1.807, 2.05) is 0 Å². The van der Waals surface area contributed by atoms with Crippen molar-refractivity contribution < 1.29 is 0 Å². The summed E-state index contributed by atoms with van der Waals surface area (Å²) in [5.74, 6) is 2.52. The molecule has 1 fully saturated rings. The van der Waals surface area contributed by atoms with Gasteiger partial charge >= 0.3 is 0 Å². The van der Waals surface area contributed by atoms with Crippen LogP contribution in [0.1, 0.15) is 0 Å². The van der Waals surface area contributed by atoms with Crippen molar-refractivity contribution in [3.05, 3.63) is 26.5 Å². The van der Waals surface area contributed by atoms with Crippen molar-refractivity contribution in [1.29, 1.82) is 0 Å². The lowest BCUT2D eigenvalue weighted by Crippen LogP contribution is -2.35. The van der Waals surface area contributed by atoms with Gasteiger partial charge in [-0.15, -0.1) is 0 Å². The lowest BCUT2D eigenvalue weighted by molar-refractivity contribution is 0.290. The predicted octanol–water partition coefficient (Wildman–Crippen LogP) is 3.35. The van der Waals surface area contributed by atoms with Gasteiger partial charge in [0.25, 0.3) is 0 Å². The molecule has 19 heavy (non-hydrogen) atoms. The van der Waals surface area contributed by atoms with Crippen LogP contribution in [0.25, 0.3) is 11.0 Å². The lowest BCUT2D eigenvalue weighted by atomic mass is 10.3. The maximum Gasteiger partial charge on any atom is 0.178 e. The largest absolute Gasteiger partial charge is 0.331 e. The van der Waals surface area contributed by atoms with E-state index >= 15 is 0 Å². The van der Waals surface area contributed by atoms with Crippen molar-refractivity contribution in [1.82, 2.24) is 14.5 Å². The van der Waals surface area contributed by atoms with E-state index in [1.54, 1.807) is 0 Å². The highest BCUT2D eigenvalue weighted by atomic mass is 127. The minimum atomic E-state index is 0.836. The molecule has 2 aromatic rings. The summed E-state index contributed by atoms with van der Waals surface area (Å²) in [6.45, 7) is 4.48. The Morgan fingerprint density at radius 2 is 2.05 bits per heavy atom. The van der Waals surface area contributed by atoms with E-state index in [1.165, 1.54) is 33.7 Å². The topological polar surface area (TPSA) is 24.0 Å². The molecule has 3 rings (SSSR count). The number of fused-ring (bicyclic) bond motifs is 1. The number of nitrogens with zero attached hydrogens (tertiary/aromatic N) is 2.